The lowest BCUT2D eigenvalue weighted by molar-refractivity contribution is 0.311. The third-order valence-electron chi connectivity index (χ3n) is 6.20. The van der Waals surface area contributed by atoms with Crippen LogP contribution in [-0.4, -0.2) is 58.8 Å². The second-order valence-corrected chi connectivity index (χ2v) is 8.32. The van der Waals surface area contributed by atoms with Crippen molar-refractivity contribution in [2.75, 3.05) is 69.0 Å². The Bertz CT molecular complexity index is 1100. The number of para-hydroxylation sites is 1. The van der Waals surface area contributed by atoms with Gasteiger partial charge in [-0.05, 0) is 43.9 Å². The third kappa shape index (κ3) is 4.34. The van der Waals surface area contributed by atoms with Gasteiger partial charge in [0.05, 0.1) is 13.2 Å². The highest BCUT2D eigenvalue weighted by Crippen LogP contribution is 2.26. The zero-order chi connectivity index (χ0) is 22.7. The molecule has 7 nitrogen and oxygen atoms in total. The van der Waals surface area contributed by atoms with Crippen LogP contribution < -0.4 is 30.7 Å². The molecule has 0 amide bonds. The SMILES string of the molecule is COc1ccc([C@@H](CNc2c(N3CCN(c4ccccc4)CC3)c(=O)c2=O)N(C)C)cc1. The van der Waals surface area contributed by atoms with E-state index in [1.807, 2.05) is 61.5 Å². The highest BCUT2D eigenvalue weighted by Gasteiger charge is 2.29. The van der Waals surface area contributed by atoms with Gasteiger partial charge in [-0.1, -0.05) is 30.3 Å². The molecule has 3 aromatic carbocycles. The van der Waals surface area contributed by atoms with Crippen LogP contribution in [-0.2, 0) is 0 Å². The molecule has 1 aliphatic heterocycles. The summed E-state index contributed by atoms with van der Waals surface area (Å²) in [7, 11) is 5.65. The predicted octanol–water partition coefficient (Wildman–Crippen LogP) is 2.33. The first-order valence-electron chi connectivity index (χ1n) is 10.9. The topological polar surface area (TPSA) is 65.1 Å². The molecule has 1 N–H and O–H groups in total. The van der Waals surface area contributed by atoms with Crippen molar-refractivity contribution in [2.24, 2.45) is 0 Å². The van der Waals surface area contributed by atoms with E-state index in [4.69, 9.17) is 4.74 Å². The molecule has 0 radical (unpaired) electrons. The Labute approximate surface area is 188 Å². The summed E-state index contributed by atoms with van der Waals surface area (Å²) in [6.07, 6.45) is 0. The van der Waals surface area contributed by atoms with E-state index in [1.165, 1.54) is 5.69 Å². The van der Waals surface area contributed by atoms with Gasteiger partial charge in [0, 0.05) is 38.4 Å². The molecule has 0 unspecified atom stereocenters. The first kappa shape index (κ1) is 21.9. The smallest absolute Gasteiger partial charge is 0.253 e. The Morgan fingerprint density at radius 3 is 2.12 bits per heavy atom. The van der Waals surface area contributed by atoms with Crippen LogP contribution in [0, 0.1) is 0 Å². The molecule has 1 atom stereocenters. The van der Waals surface area contributed by atoms with Gasteiger partial charge in [0.2, 0.25) is 0 Å². The Kier molecular flexibility index (Phi) is 6.46. The number of piperazine rings is 1. The molecule has 1 saturated heterocycles. The fourth-order valence-corrected chi connectivity index (χ4v) is 4.30. The van der Waals surface area contributed by atoms with Crippen molar-refractivity contribution in [1.82, 2.24) is 4.90 Å². The van der Waals surface area contributed by atoms with Crippen molar-refractivity contribution >= 4 is 17.1 Å². The first-order valence-corrected chi connectivity index (χ1v) is 10.9. The molecular formula is C25H30N4O3. The molecule has 0 aliphatic carbocycles. The van der Waals surface area contributed by atoms with E-state index in [-0.39, 0.29) is 11.5 Å². The average Bonchev–Trinajstić information content (AvgIpc) is 2.84. The lowest BCUT2D eigenvalue weighted by atomic mass is 10.0. The van der Waals surface area contributed by atoms with Gasteiger partial charge in [-0.2, -0.15) is 0 Å². The molecule has 4 rings (SSSR count). The minimum absolute atomic E-state index is 0.0492. The van der Waals surface area contributed by atoms with Crippen LogP contribution in [0.25, 0.3) is 0 Å². The summed E-state index contributed by atoms with van der Waals surface area (Å²) >= 11 is 0. The number of nitrogens with one attached hydrogen (secondary N) is 1. The minimum Gasteiger partial charge on any atom is -0.497 e. The predicted molar refractivity (Wildman–Crippen MR) is 130 cm³/mol. The van der Waals surface area contributed by atoms with Gasteiger partial charge < -0.3 is 24.8 Å². The normalized spacial score (nSPS) is 15.2. The molecule has 0 saturated carbocycles. The fraction of sp³-hybridized carbons (Fsp3) is 0.360. The number of rotatable bonds is 8. The van der Waals surface area contributed by atoms with Crippen LogP contribution in [0.15, 0.2) is 64.2 Å². The number of hydrogen-bond donors (Lipinski definition) is 1. The zero-order valence-corrected chi connectivity index (χ0v) is 18.9. The van der Waals surface area contributed by atoms with Crippen molar-refractivity contribution in [1.29, 1.82) is 0 Å². The average molecular weight is 435 g/mol. The maximum absolute atomic E-state index is 12.4. The summed E-state index contributed by atoms with van der Waals surface area (Å²) in [5.74, 6) is 0.804. The van der Waals surface area contributed by atoms with E-state index in [2.05, 4.69) is 27.2 Å². The number of benzene rings is 2. The number of nitrogens with zero attached hydrogens (tertiary/aromatic N) is 3. The molecule has 0 spiro atoms. The van der Waals surface area contributed by atoms with E-state index in [1.54, 1.807) is 7.11 Å². The molecular weight excluding hydrogens is 404 g/mol. The first-order chi connectivity index (χ1) is 15.5. The van der Waals surface area contributed by atoms with Crippen molar-refractivity contribution < 1.29 is 4.74 Å². The van der Waals surface area contributed by atoms with E-state index in [9.17, 15) is 9.59 Å². The third-order valence-corrected chi connectivity index (χ3v) is 6.20. The zero-order valence-electron chi connectivity index (χ0n) is 18.9. The number of hydrogen-bond acceptors (Lipinski definition) is 7. The van der Waals surface area contributed by atoms with Crippen LogP contribution in [0.4, 0.5) is 17.1 Å². The Hall–Kier alpha value is -3.32. The summed E-state index contributed by atoms with van der Waals surface area (Å²) in [5.41, 5.74) is 2.48. The van der Waals surface area contributed by atoms with Gasteiger partial charge in [0.15, 0.2) is 0 Å². The van der Waals surface area contributed by atoms with Crippen LogP contribution in [0.5, 0.6) is 5.75 Å². The van der Waals surface area contributed by atoms with E-state index in [0.29, 0.717) is 31.0 Å². The van der Waals surface area contributed by atoms with Crippen molar-refractivity contribution in [3.05, 3.63) is 80.6 Å². The van der Waals surface area contributed by atoms with Gasteiger partial charge in [0.1, 0.15) is 17.1 Å². The van der Waals surface area contributed by atoms with Crippen LogP contribution in [0.1, 0.15) is 11.6 Å². The quantitative estimate of drug-likeness (QED) is 0.546. The standard InChI is InChI=1S/C25H30N4O3/c1-27(2)21(18-9-11-20(32-3)12-10-18)17-26-22-23(25(31)24(22)30)29-15-13-28(14-16-29)19-7-5-4-6-8-19/h4-12,21,26H,13-17H2,1-3H3/t21-/m1/s1. The summed E-state index contributed by atoms with van der Waals surface area (Å²) in [4.78, 5) is 31.2. The highest BCUT2D eigenvalue weighted by molar-refractivity contribution is 5.75. The molecule has 32 heavy (non-hydrogen) atoms. The molecule has 1 fully saturated rings. The maximum atomic E-state index is 12.4. The summed E-state index contributed by atoms with van der Waals surface area (Å²) in [5, 5.41) is 3.28. The van der Waals surface area contributed by atoms with Crippen LogP contribution in [0.2, 0.25) is 0 Å². The molecule has 1 aliphatic rings. The Morgan fingerprint density at radius 2 is 1.53 bits per heavy atom. The highest BCUT2D eigenvalue weighted by atomic mass is 16.5. The number of ether oxygens (including phenoxy) is 1. The van der Waals surface area contributed by atoms with E-state index in [0.717, 1.165) is 24.4 Å². The maximum Gasteiger partial charge on any atom is 0.253 e. The monoisotopic (exact) mass is 434 g/mol. The minimum atomic E-state index is -0.419. The summed E-state index contributed by atoms with van der Waals surface area (Å²) < 4.78 is 5.25. The van der Waals surface area contributed by atoms with Gasteiger partial charge in [-0.25, -0.2) is 0 Å². The van der Waals surface area contributed by atoms with Crippen LogP contribution >= 0.6 is 0 Å². The molecule has 168 valence electrons. The van der Waals surface area contributed by atoms with Gasteiger partial charge in [-0.3, -0.25) is 9.59 Å². The lowest BCUT2D eigenvalue weighted by Gasteiger charge is -2.38. The molecule has 7 heteroatoms. The Balaban J connectivity index is 1.44. The number of anilines is 3. The second-order valence-electron chi connectivity index (χ2n) is 8.32. The summed E-state index contributed by atoms with van der Waals surface area (Å²) in [6.45, 7) is 3.58. The molecule has 1 heterocycles. The number of likely N-dealkylation sites (N-methyl/N-ethyl adjacent to an activating group) is 1. The van der Waals surface area contributed by atoms with Gasteiger partial charge in [-0.15, -0.1) is 0 Å². The fourth-order valence-electron chi connectivity index (χ4n) is 4.30. The second kappa shape index (κ2) is 9.44. The molecule has 3 aromatic rings. The van der Waals surface area contributed by atoms with Crippen LogP contribution in [0.3, 0.4) is 0 Å². The van der Waals surface area contributed by atoms with Gasteiger partial charge in [0.25, 0.3) is 10.9 Å². The molecule has 0 bridgehead atoms. The van der Waals surface area contributed by atoms with Crippen molar-refractivity contribution in [3.63, 3.8) is 0 Å². The van der Waals surface area contributed by atoms with Crippen molar-refractivity contribution in [2.45, 2.75) is 6.04 Å². The number of methoxy groups -OCH3 is 1. The lowest BCUT2D eigenvalue weighted by Crippen LogP contribution is -2.51. The summed E-state index contributed by atoms with van der Waals surface area (Å²) in [6, 6.07) is 18.2. The van der Waals surface area contributed by atoms with E-state index < -0.39 is 5.43 Å². The van der Waals surface area contributed by atoms with Crippen molar-refractivity contribution in [3.8, 4) is 5.75 Å². The Morgan fingerprint density at radius 1 is 0.906 bits per heavy atom. The molecule has 0 aromatic heterocycles. The van der Waals surface area contributed by atoms with Gasteiger partial charge >= 0.3 is 0 Å². The van der Waals surface area contributed by atoms with E-state index >= 15 is 0 Å². The largest absolute Gasteiger partial charge is 0.497 e.